The molecule has 0 aliphatic rings. The molecule has 1 aromatic carbocycles. The zero-order valence-corrected chi connectivity index (χ0v) is 14.5. The zero-order chi connectivity index (χ0) is 19.3. The number of urea groups is 1. The molecule has 9 heteroatoms. The predicted octanol–water partition coefficient (Wildman–Crippen LogP) is 3.43. The Hall–Kier alpha value is -3.49. The van der Waals surface area contributed by atoms with E-state index in [2.05, 4.69) is 15.6 Å². The van der Waals surface area contributed by atoms with Crippen molar-refractivity contribution in [2.45, 2.75) is 20.8 Å². The second-order valence-corrected chi connectivity index (χ2v) is 5.36. The van der Waals surface area contributed by atoms with Crippen LogP contribution in [-0.2, 0) is 4.74 Å². The second-order valence-electron chi connectivity index (χ2n) is 5.36. The van der Waals surface area contributed by atoms with Gasteiger partial charge >= 0.3 is 12.0 Å². The number of esters is 1. The highest BCUT2D eigenvalue weighted by atomic mass is 16.6. The van der Waals surface area contributed by atoms with E-state index in [0.717, 1.165) is 0 Å². The summed E-state index contributed by atoms with van der Waals surface area (Å²) in [7, 11) is 0. The van der Waals surface area contributed by atoms with E-state index in [4.69, 9.17) is 4.74 Å². The Labute approximate surface area is 149 Å². The summed E-state index contributed by atoms with van der Waals surface area (Å²) >= 11 is 0. The van der Waals surface area contributed by atoms with Crippen LogP contribution in [0.5, 0.6) is 0 Å². The zero-order valence-electron chi connectivity index (χ0n) is 14.5. The molecule has 2 N–H and O–H groups in total. The molecule has 1 heterocycles. The van der Waals surface area contributed by atoms with Crippen LogP contribution in [0.15, 0.2) is 30.3 Å². The maximum Gasteiger partial charge on any atom is 0.340 e. The molecule has 136 valence electrons. The van der Waals surface area contributed by atoms with Crippen molar-refractivity contribution in [3.63, 3.8) is 0 Å². The smallest absolute Gasteiger partial charge is 0.340 e. The summed E-state index contributed by atoms with van der Waals surface area (Å²) in [4.78, 5) is 38.5. The van der Waals surface area contributed by atoms with Crippen LogP contribution in [0.1, 0.15) is 28.7 Å². The van der Waals surface area contributed by atoms with Gasteiger partial charge in [-0.1, -0.05) is 0 Å². The lowest BCUT2D eigenvalue weighted by molar-refractivity contribution is -0.384. The molecule has 0 fully saturated rings. The van der Waals surface area contributed by atoms with Gasteiger partial charge in [-0.05, 0) is 39.0 Å². The van der Waals surface area contributed by atoms with Gasteiger partial charge in [-0.15, -0.1) is 0 Å². The first-order valence-electron chi connectivity index (χ1n) is 7.79. The van der Waals surface area contributed by atoms with Gasteiger partial charge in [0.15, 0.2) is 0 Å². The van der Waals surface area contributed by atoms with Gasteiger partial charge in [-0.2, -0.15) is 0 Å². The minimum atomic E-state index is -0.567. The molecule has 2 rings (SSSR count). The van der Waals surface area contributed by atoms with Crippen molar-refractivity contribution in [1.29, 1.82) is 0 Å². The summed E-state index contributed by atoms with van der Waals surface area (Å²) in [5.74, 6) is -0.517. The van der Waals surface area contributed by atoms with Gasteiger partial charge in [-0.3, -0.25) is 15.1 Å². The van der Waals surface area contributed by atoms with Crippen LogP contribution in [0.2, 0.25) is 0 Å². The molecule has 9 nitrogen and oxygen atoms in total. The number of benzene rings is 1. The molecular weight excluding hydrogens is 340 g/mol. The van der Waals surface area contributed by atoms with Gasteiger partial charge in [0, 0.05) is 17.8 Å². The molecule has 0 saturated heterocycles. The highest BCUT2D eigenvalue weighted by molar-refractivity contribution is 6.01. The number of aromatic nitrogens is 1. The fraction of sp³-hybridized carbons (Fsp3) is 0.235. The molecular formula is C17H18N4O5. The molecule has 0 radical (unpaired) electrons. The average molecular weight is 358 g/mol. The number of hydrogen-bond donors (Lipinski definition) is 2. The Morgan fingerprint density at radius 1 is 1.15 bits per heavy atom. The van der Waals surface area contributed by atoms with E-state index in [1.165, 1.54) is 30.3 Å². The van der Waals surface area contributed by atoms with Crippen LogP contribution >= 0.6 is 0 Å². The maximum atomic E-state index is 12.1. The maximum absolute atomic E-state index is 12.1. The molecule has 0 spiro atoms. The van der Waals surface area contributed by atoms with E-state index in [9.17, 15) is 19.7 Å². The van der Waals surface area contributed by atoms with E-state index >= 15 is 0 Å². The number of carbonyl (C=O) groups excluding carboxylic acids is 2. The Bertz CT molecular complexity index is 849. The summed E-state index contributed by atoms with van der Waals surface area (Å²) < 4.78 is 4.97. The summed E-state index contributed by atoms with van der Waals surface area (Å²) in [5.41, 5.74) is 1.97. The number of anilines is 2. The second kappa shape index (κ2) is 8.06. The molecule has 0 unspecified atom stereocenters. The Balaban J connectivity index is 2.14. The number of pyridine rings is 1. The molecule has 0 aliphatic carbocycles. The lowest BCUT2D eigenvalue weighted by Crippen LogP contribution is -2.21. The largest absolute Gasteiger partial charge is 0.462 e. The Morgan fingerprint density at radius 2 is 1.81 bits per heavy atom. The number of rotatable bonds is 5. The number of non-ortho nitro benzene ring substituents is 1. The first-order valence-corrected chi connectivity index (χ1v) is 7.79. The SMILES string of the molecule is CCOC(=O)c1cc(NC(=O)Nc2ccc([N+](=O)[O-])cc2)c(C)nc1C. The van der Waals surface area contributed by atoms with Gasteiger partial charge in [-0.25, -0.2) is 9.59 Å². The molecule has 2 aromatic rings. The fourth-order valence-corrected chi connectivity index (χ4v) is 2.22. The van der Waals surface area contributed by atoms with Crippen molar-refractivity contribution in [2.75, 3.05) is 17.2 Å². The lowest BCUT2D eigenvalue weighted by atomic mass is 10.1. The summed E-state index contributed by atoms with van der Waals surface area (Å²) in [6.45, 7) is 5.31. The number of nitro benzene ring substituents is 1. The van der Waals surface area contributed by atoms with Gasteiger partial charge in [0.25, 0.3) is 5.69 Å². The van der Waals surface area contributed by atoms with Crippen LogP contribution in [-0.4, -0.2) is 28.5 Å². The number of carbonyl (C=O) groups is 2. The first kappa shape index (κ1) is 18.8. The van der Waals surface area contributed by atoms with E-state index in [-0.39, 0.29) is 17.9 Å². The summed E-state index contributed by atoms with van der Waals surface area (Å²) in [5, 5.41) is 15.8. The highest BCUT2D eigenvalue weighted by Gasteiger charge is 2.16. The van der Waals surface area contributed by atoms with E-state index in [0.29, 0.717) is 22.8 Å². The van der Waals surface area contributed by atoms with Crippen LogP contribution < -0.4 is 10.6 Å². The predicted molar refractivity (Wildman–Crippen MR) is 95.4 cm³/mol. The minimum absolute atomic E-state index is 0.0754. The van der Waals surface area contributed by atoms with Gasteiger partial charge in [0.2, 0.25) is 0 Å². The number of amides is 2. The van der Waals surface area contributed by atoms with Crippen molar-refractivity contribution in [3.8, 4) is 0 Å². The summed E-state index contributed by atoms with van der Waals surface area (Å²) in [6.07, 6.45) is 0. The van der Waals surface area contributed by atoms with Gasteiger partial charge in [0.1, 0.15) is 0 Å². The van der Waals surface area contributed by atoms with Crippen molar-refractivity contribution in [2.24, 2.45) is 0 Å². The molecule has 0 aliphatic heterocycles. The number of nitro groups is 1. The van der Waals surface area contributed by atoms with Crippen LogP contribution in [0.4, 0.5) is 21.9 Å². The monoisotopic (exact) mass is 358 g/mol. The highest BCUT2D eigenvalue weighted by Crippen LogP contribution is 2.20. The van der Waals surface area contributed by atoms with Crippen LogP contribution in [0, 0.1) is 24.0 Å². The minimum Gasteiger partial charge on any atom is -0.462 e. The van der Waals surface area contributed by atoms with E-state index in [1.807, 2.05) is 0 Å². The third-order valence-electron chi connectivity index (χ3n) is 3.48. The van der Waals surface area contributed by atoms with Crippen molar-refractivity contribution in [3.05, 3.63) is 57.4 Å². The number of nitrogens with zero attached hydrogens (tertiary/aromatic N) is 2. The van der Waals surface area contributed by atoms with Crippen LogP contribution in [0.3, 0.4) is 0 Å². The fourth-order valence-electron chi connectivity index (χ4n) is 2.22. The molecule has 1 aromatic heterocycles. The first-order chi connectivity index (χ1) is 12.3. The molecule has 26 heavy (non-hydrogen) atoms. The Morgan fingerprint density at radius 3 is 2.38 bits per heavy atom. The number of hydrogen-bond acceptors (Lipinski definition) is 6. The Kier molecular flexibility index (Phi) is 5.84. The average Bonchev–Trinajstić information content (AvgIpc) is 2.58. The molecule has 0 saturated carbocycles. The molecule has 2 amide bonds. The quantitative estimate of drug-likeness (QED) is 0.479. The topological polar surface area (TPSA) is 123 Å². The van der Waals surface area contributed by atoms with Crippen molar-refractivity contribution >= 4 is 29.1 Å². The molecule has 0 bridgehead atoms. The normalized spacial score (nSPS) is 10.1. The number of aryl methyl sites for hydroxylation is 2. The van der Waals surface area contributed by atoms with Gasteiger partial charge in [0.05, 0.1) is 34.2 Å². The van der Waals surface area contributed by atoms with Crippen molar-refractivity contribution < 1.29 is 19.2 Å². The van der Waals surface area contributed by atoms with E-state index < -0.39 is 16.9 Å². The standard InChI is InChI=1S/C17H18N4O5/c1-4-26-16(22)14-9-15(11(3)18-10(14)2)20-17(23)19-12-5-7-13(8-6-12)21(24)25/h5-9H,4H2,1-3H3,(H2,19,20,23). The summed E-state index contributed by atoms with van der Waals surface area (Å²) in [6, 6.07) is 6.34. The molecule has 0 atom stereocenters. The third kappa shape index (κ3) is 4.53. The van der Waals surface area contributed by atoms with Gasteiger partial charge < -0.3 is 15.4 Å². The number of ether oxygens (including phenoxy) is 1. The third-order valence-corrected chi connectivity index (χ3v) is 3.48. The van der Waals surface area contributed by atoms with Crippen molar-refractivity contribution in [1.82, 2.24) is 4.98 Å². The van der Waals surface area contributed by atoms with Crippen LogP contribution in [0.25, 0.3) is 0 Å². The van der Waals surface area contributed by atoms with E-state index in [1.54, 1.807) is 20.8 Å². The lowest BCUT2D eigenvalue weighted by Gasteiger charge is -2.12. The number of nitrogens with one attached hydrogen (secondary N) is 2.